The molecule has 4 heteroatoms. The Morgan fingerprint density at radius 1 is 1.47 bits per heavy atom. The second-order valence-electron chi connectivity index (χ2n) is 3.78. The first kappa shape index (κ1) is 13.3. The van der Waals surface area contributed by atoms with Crippen molar-refractivity contribution in [1.82, 2.24) is 0 Å². The molecule has 2 N–H and O–H groups in total. The van der Waals surface area contributed by atoms with Gasteiger partial charge in [0.05, 0.1) is 0 Å². The molecule has 0 amide bonds. The monoisotopic (exact) mass is 235 g/mol. The lowest BCUT2D eigenvalue weighted by atomic mass is 10.3. The maximum atomic E-state index is 11.1. The van der Waals surface area contributed by atoms with Gasteiger partial charge in [0.25, 0.3) is 0 Å². The van der Waals surface area contributed by atoms with Crippen molar-refractivity contribution in [3.05, 3.63) is 42.5 Å². The van der Waals surface area contributed by atoms with Crippen LogP contribution < -0.4 is 5.32 Å². The fourth-order valence-electron chi connectivity index (χ4n) is 1.15. The minimum atomic E-state index is -0.737. The van der Waals surface area contributed by atoms with Gasteiger partial charge < -0.3 is 15.2 Å². The van der Waals surface area contributed by atoms with Crippen molar-refractivity contribution >= 4 is 11.7 Å². The third-order valence-corrected chi connectivity index (χ3v) is 2.07. The van der Waals surface area contributed by atoms with Crippen LogP contribution in [-0.4, -0.2) is 30.3 Å². The van der Waals surface area contributed by atoms with Gasteiger partial charge in [-0.3, -0.25) is 0 Å². The number of para-hydroxylation sites is 1. The standard InChI is InChI=1S/C13H17NO3/c1-10(2)13(16)17-9-12(15)8-14-11-6-4-3-5-7-11/h3-7,12,14-15H,1,8-9H2,2H3. The Kier molecular flexibility index (Phi) is 5.23. The van der Waals surface area contributed by atoms with Gasteiger partial charge in [-0.15, -0.1) is 0 Å². The van der Waals surface area contributed by atoms with Gasteiger partial charge in [0.15, 0.2) is 0 Å². The molecule has 4 nitrogen and oxygen atoms in total. The van der Waals surface area contributed by atoms with Crippen molar-refractivity contribution in [3.8, 4) is 0 Å². The number of rotatable bonds is 6. The molecule has 0 aliphatic carbocycles. The molecule has 1 aromatic carbocycles. The van der Waals surface area contributed by atoms with E-state index in [0.717, 1.165) is 5.69 Å². The van der Waals surface area contributed by atoms with E-state index in [-0.39, 0.29) is 6.61 Å². The molecule has 0 fully saturated rings. The fraction of sp³-hybridized carbons (Fsp3) is 0.308. The van der Waals surface area contributed by atoms with E-state index in [2.05, 4.69) is 11.9 Å². The maximum Gasteiger partial charge on any atom is 0.333 e. The topological polar surface area (TPSA) is 58.6 Å². The first-order chi connectivity index (χ1) is 8.09. The summed E-state index contributed by atoms with van der Waals surface area (Å²) < 4.78 is 4.83. The Morgan fingerprint density at radius 3 is 2.71 bits per heavy atom. The van der Waals surface area contributed by atoms with Crippen LogP contribution in [0.4, 0.5) is 5.69 Å². The number of esters is 1. The van der Waals surface area contributed by atoms with E-state index in [1.807, 2.05) is 30.3 Å². The summed E-state index contributed by atoms with van der Waals surface area (Å²) in [7, 11) is 0. The number of nitrogens with one attached hydrogen (secondary N) is 1. The average molecular weight is 235 g/mol. The van der Waals surface area contributed by atoms with Crippen LogP contribution in [-0.2, 0) is 9.53 Å². The van der Waals surface area contributed by atoms with Crippen LogP contribution in [0.15, 0.2) is 42.5 Å². The minimum Gasteiger partial charge on any atom is -0.460 e. The third-order valence-electron chi connectivity index (χ3n) is 2.07. The summed E-state index contributed by atoms with van der Waals surface area (Å²) in [5, 5.41) is 12.6. The molecule has 17 heavy (non-hydrogen) atoms. The summed E-state index contributed by atoms with van der Waals surface area (Å²) in [6, 6.07) is 9.50. The van der Waals surface area contributed by atoms with Crippen molar-refractivity contribution in [2.45, 2.75) is 13.0 Å². The number of carbonyl (C=O) groups excluding carboxylic acids is 1. The van der Waals surface area contributed by atoms with Gasteiger partial charge in [-0.2, -0.15) is 0 Å². The lowest BCUT2D eigenvalue weighted by molar-refractivity contribution is -0.141. The van der Waals surface area contributed by atoms with Crippen molar-refractivity contribution in [3.63, 3.8) is 0 Å². The van der Waals surface area contributed by atoms with Crippen LogP contribution in [0.1, 0.15) is 6.92 Å². The number of benzene rings is 1. The van der Waals surface area contributed by atoms with Gasteiger partial charge in [-0.05, 0) is 19.1 Å². The predicted molar refractivity (Wildman–Crippen MR) is 66.7 cm³/mol. The number of anilines is 1. The Balaban J connectivity index is 2.24. The Labute approximate surface area is 101 Å². The summed E-state index contributed by atoms with van der Waals surface area (Å²) in [6.07, 6.45) is -0.737. The van der Waals surface area contributed by atoms with Crippen molar-refractivity contribution in [1.29, 1.82) is 0 Å². The molecule has 1 unspecified atom stereocenters. The number of aliphatic hydroxyl groups is 1. The number of hydrogen-bond donors (Lipinski definition) is 2. The summed E-state index contributed by atoms with van der Waals surface area (Å²) >= 11 is 0. The first-order valence-electron chi connectivity index (χ1n) is 5.39. The second-order valence-corrected chi connectivity index (χ2v) is 3.78. The maximum absolute atomic E-state index is 11.1. The summed E-state index contributed by atoms with van der Waals surface area (Å²) in [4.78, 5) is 11.1. The van der Waals surface area contributed by atoms with Gasteiger partial charge in [-0.1, -0.05) is 24.8 Å². The lowest BCUT2D eigenvalue weighted by Crippen LogP contribution is -2.26. The highest BCUT2D eigenvalue weighted by atomic mass is 16.5. The highest BCUT2D eigenvalue weighted by molar-refractivity contribution is 5.86. The molecule has 0 saturated heterocycles. The third kappa shape index (κ3) is 5.17. The van der Waals surface area contributed by atoms with Crippen LogP contribution in [0, 0.1) is 0 Å². The Morgan fingerprint density at radius 2 is 2.12 bits per heavy atom. The van der Waals surface area contributed by atoms with E-state index in [0.29, 0.717) is 12.1 Å². The van der Waals surface area contributed by atoms with Crippen LogP contribution in [0.25, 0.3) is 0 Å². The molecule has 1 rings (SSSR count). The van der Waals surface area contributed by atoms with E-state index in [9.17, 15) is 9.90 Å². The number of carbonyl (C=O) groups is 1. The Hall–Kier alpha value is -1.81. The zero-order valence-corrected chi connectivity index (χ0v) is 9.85. The second kappa shape index (κ2) is 6.70. The molecule has 1 atom stereocenters. The van der Waals surface area contributed by atoms with Crippen LogP contribution >= 0.6 is 0 Å². The largest absolute Gasteiger partial charge is 0.460 e. The molecule has 0 saturated carbocycles. The molecule has 0 spiro atoms. The van der Waals surface area contributed by atoms with Gasteiger partial charge in [0.1, 0.15) is 12.7 Å². The molecule has 0 aliphatic rings. The number of aliphatic hydroxyl groups excluding tert-OH is 1. The molecule has 92 valence electrons. The zero-order chi connectivity index (χ0) is 12.7. The SMILES string of the molecule is C=C(C)C(=O)OCC(O)CNc1ccccc1. The van der Waals surface area contributed by atoms with Crippen molar-refractivity contribution < 1.29 is 14.6 Å². The van der Waals surface area contributed by atoms with Crippen molar-refractivity contribution in [2.75, 3.05) is 18.5 Å². The number of hydrogen-bond acceptors (Lipinski definition) is 4. The first-order valence-corrected chi connectivity index (χ1v) is 5.39. The quantitative estimate of drug-likeness (QED) is 0.580. The van der Waals surface area contributed by atoms with Gasteiger partial charge >= 0.3 is 5.97 Å². The molecule has 0 heterocycles. The molecular weight excluding hydrogens is 218 g/mol. The van der Waals surface area contributed by atoms with Gasteiger partial charge in [0.2, 0.25) is 0 Å². The molecule has 0 aliphatic heterocycles. The van der Waals surface area contributed by atoms with E-state index in [4.69, 9.17) is 4.74 Å². The number of ether oxygens (including phenoxy) is 1. The van der Waals surface area contributed by atoms with Crippen LogP contribution in [0.5, 0.6) is 0 Å². The minimum absolute atomic E-state index is 0.0362. The fourth-order valence-corrected chi connectivity index (χ4v) is 1.15. The van der Waals surface area contributed by atoms with E-state index < -0.39 is 12.1 Å². The molecular formula is C13H17NO3. The highest BCUT2D eigenvalue weighted by Gasteiger charge is 2.08. The molecule has 0 bridgehead atoms. The van der Waals surface area contributed by atoms with Gasteiger partial charge in [-0.25, -0.2) is 4.79 Å². The van der Waals surface area contributed by atoms with E-state index in [1.165, 1.54) is 0 Å². The normalized spacial score (nSPS) is 11.6. The zero-order valence-electron chi connectivity index (χ0n) is 9.85. The average Bonchev–Trinajstić information content (AvgIpc) is 2.34. The highest BCUT2D eigenvalue weighted by Crippen LogP contribution is 2.04. The smallest absolute Gasteiger partial charge is 0.333 e. The van der Waals surface area contributed by atoms with Gasteiger partial charge in [0, 0.05) is 17.8 Å². The molecule has 1 aromatic rings. The Bertz CT molecular complexity index is 376. The predicted octanol–water partition coefficient (Wildman–Crippen LogP) is 1.58. The van der Waals surface area contributed by atoms with Crippen molar-refractivity contribution in [2.24, 2.45) is 0 Å². The molecule has 0 radical (unpaired) electrons. The van der Waals surface area contributed by atoms with E-state index >= 15 is 0 Å². The summed E-state index contributed by atoms with van der Waals surface area (Å²) in [5.41, 5.74) is 1.24. The van der Waals surface area contributed by atoms with Crippen LogP contribution in [0.2, 0.25) is 0 Å². The molecule has 0 aromatic heterocycles. The lowest BCUT2D eigenvalue weighted by Gasteiger charge is -2.13. The van der Waals surface area contributed by atoms with Crippen LogP contribution in [0.3, 0.4) is 0 Å². The summed E-state index contributed by atoms with van der Waals surface area (Å²) in [6.45, 7) is 5.31. The van der Waals surface area contributed by atoms with E-state index in [1.54, 1.807) is 6.92 Å². The summed E-state index contributed by atoms with van der Waals surface area (Å²) in [5.74, 6) is -0.483.